The average molecular weight is 292 g/mol. The number of halogens is 4. The molecule has 74 valence electrons. The Hall–Kier alpha value is 0.290. The Balaban J connectivity index is 2.60. The van der Waals surface area contributed by atoms with E-state index >= 15 is 0 Å². The molecule has 0 fully saturated rings. The van der Waals surface area contributed by atoms with Crippen LogP contribution in [0.4, 0.5) is 8.78 Å². The van der Waals surface area contributed by atoms with Gasteiger partial charge in [-0.1, -0.05) is 0 Å². The third-order valence-corrected chi connectivity index (χ3v) is 3.30. The van der Waals surface area contributed by atoms with E-state index in [2.05, 4.69) is 27.5 Å². The highest BCUT2D eigenvalue weighted by atomic mass is 79.9. The Bertz CT molecular complexity index is 286. The summed E-state index contributed by atoms with van der Waals surface area (Å²) in [6, 6.07) is 3.40. The zero-order valence-corrected chi connectivity index (χ0v) is 9.46. The maximum atomic E-state index is 12.3. The van der Waals surface area contributed by atoms with Gasteiger partial charge in [-0.25, -0.2) is 0 Å². The third-order valence-electron chi connectivity index (χ3n) is 1.40. The Morgan fingerprint density at radius 3 is 2.62 bits per heavy atom. The van der Waals surface area contributed by atoms with E-state index < -0.39 is 11.5 Å². The number of rotatable bonds is 3. The molecule has 13 heavy (non-hydrogen) atoms. The van der Waals surface area contributed by atoms with Crippen molar-refractivity contribution in [2.24, 2.45) is 0 Å². The predicted octanol–water partition coefficient (Wildman–Crippen LogP) is 3.25. The van der Waals surface area contributed by atoms with Gasteiger partial charge in [0.1, 0.15) is 6.10 Å². The first-order valence-electron chi connectivity index (χ1n) is 3.38. The molecule has 0 aliphatic carbocycles. The summed E-state index contributed by atoms with van der Waals surface area (Å²) in [5.41, 5.74) is 0. The van der Waals surface area contributed by atoms with Crippen molar-refractivity contribution in [3.8, 4) is 0 Å². The number of aliphatic hydroxyl groups is 1. The highest BCUT2D eigenvalue weighted by Gasteiger charge is 2.35. The highest BCUT2D eigenvalue weighted by Crippen LogP contribution is 2.29. The second-order valence-corrected chi connectivity index (χ2v) is 5.52. The zero-order valence-electron chi connectivity index (χ0n) is 6.31. The lowest BCUT2D eigenvalue weighted by Gasteiger charge is -2.14. The van der Waals surface area contributed by atoms with Gasteiger partial charge in [0.15, 0.2) is 0 Å². The average Bonchev–Trinajstić information content (AvgIpc) is 2.33. The van der Waals surface area contributed by atoms with Gasteiger partial charge >= 0.3 is 5.38 Å². The Morgan fingerprint density at radius 1 is 1.62 bits per heavy atom. The van der Waals surface area contributed by atoms with Crippen molar-refractivity contribution in [1.82, 2.24) is 0 Å². The molecule has 1 atom stereocenters. The van der Waals surface area contributed by atoms with Gasteiger partial charge in [-0.05, 0) is 39.7 Å². The van der Waals surface area contributed by atoms with Crippen LogP contribution in [0.5, 0.6) is 0 Å². The minimum atomic E-state index is -3.56. The molecule has 0 amide bonds. The number of hydrogen-bond donors (Lipinski definition) is 1. The normalized spacial score (nSPS) is 14.5. The minimum Gasteiger partial charge on any atom is -0.385 e. The fourth-order valence-corrected chi connectivity index (χ4v) is 2.36. The first-order chi connectivity index (χ1) is 5.89. The van der Waals surface area contributed by atoms with Crippen LogP contribution in [0.25, 0.3) is 0 Å². The van der Waals surface area contributed by atoms with Crippen LogP contribution in [0, 0.1) is 0 Å². The lowest BCUT2D eigenvalue weighted by Crippen LogP contribution is -2.29. The van der Waals surface area contributed by atoms with Crippen LogP contribution in [-0.2, 0) is 6.42 Å². The van der Waals surface area contributed by atoms with E-state index in [0.29, 0.717) is 4.88 Å². The molecule has 0 bridgehead atoms. The molecule has 0 aromatic carbocycles. The van der Waals surface area contributed by atoms with Crippen LogP contribution in [0.2, 0.25) is 0 Å². The third kappa shape index (κ3) is 3.50. The second kappa shape index (κ2) is 4.21. The quantitative estimate of drug-likeness (QED) is 0.848. The Kier molecular flexibility index (Phi) is 3.68. The molecule has 0 saturated heterocycles. The van der Waals surface area contributed by atoms with Gasteiger partial charge in [-0.15, -0.1) is 11.3 Å². The van der Waals surface area contributed by atoms with E-state index in [4.69, 9.17) is 5.11 Å². The van der Waals surface area contributed by atoms with Gasteiger partial charge in [0, 0.05) is 11.3 Å². The molecular formula is C7H6BrClF2OS. The largest absolute Gasteiger partial charge is 0.385 e. The highest BCUT2D eigenvalue weighted by molar-refractivity contribution is 9.11. The van der Waals surface area contributed by atoms with Crippen molar-refractivity contribution < 1.29 is 13.9 Å². The SMILES string of the molecule is OC(Cc1ccc(Br)s1)C(F)(F)Cl. The smallest absolute Gasteiger partial charge is 0.347 e. The van der Waals surface area contributed by atoms with Gasteiger partial charge in [0.25, 0.3) is 0 Å². The van der Waals surface area contributed by atoms with Gasteiger partial charge < -0.3 is 5.11 Å². The topological polar surface area (TPSA) is 20.2 Å². The number of aliphatic hydroxyl groups excluding tert-OH is 1. The fraction of sp³-hybridized carbons (Fsp3) is 0.429. The van der Waals surface area contributed by atoms with E-state index in [-0.39, 0.29) is 6.42 Å². The number of hydrogen-bond acceptors (Lipinski definition) is 2. The monoisotopic (exact) mass is 290 g/mol. The summed E-state index contributed by atoms with van der Waals surface area (Å²) in [6.45, 7) is 0. The van der Waals surface area contributed by atoms with Crippen LogP contribution in [0.3, 0.4) is 0 Å². The summed E-state index contributed by atoms with van der Waals surface area (Å²) in [5.74, 6) is 0. The first-order valence-corrected chi connectivity index (χ1v) is 5.37. The molecule has 1 nitrogen and oxygen atoms in total. The molecular weight excluding hydrogens is 285 g/mol. The molecule has 1 aromatic rings. The molecule has 6 heteroatoms. The van der Waals surface area contributed by atoms with Gasteiger partial charge in [0.2, 0.25) is 0 Å². The van der Waals surface area contributed by atoms with Gasteiger partial charge in [0.05, 0.1) is 3.79 Å². The summed E-state index contributed by atoms with van der Waals surface area (Å²) in [5, 5.41) is 5.40. The Labute approximate surface area is 91.5 Å². The van der Waals surface area contributed by atoms with Gasteiger partial charge in [-0.3, -0.25) is 0 Å². The second-order valence-electron chi connectivity index (χ2n) is 2.47. The molecule has 1 aromatic heterocycles. The molecule has 0 aliphatic rings. The van der Waals surface area contributed by atoms with E-state index in [0.717, 1.165) is 3.79 Å². The molecule has 0 spiro atoms. The fourth-order valence-electron chi connectivity index (χ4n) is 0.768. The lowest BCUT2D eigenvalue weighted by molar-refractivity contribution is -0.0393. The van der Waals surface area contributed by atoms with Crippen LogP contribution in [0.15, 0.2) is 15.9 Å². The van der Waals surface area contributed by atoms with E-state index in [1.807, 2.05) is 0 Å². The van der Waals surface area contributed by atoms with E-state index in [9.17, 15) is 8.78 Å². The summed E-state index contributed by atoms with van der Waals surface area (Å²) in [6.07, 6.45) is -1.97. The van der Waals surface area contributed by atoms with Crippen molar-refractivity contribution in [3.63, 3.8) is 0 Å². The van der Waals surface area contributed by atoms with E-state index in [1.165, 1.54) is 11.3 Å². The maximum absolute atomic E-state index is 12.3. The summed E-state index contributed by atoms with van der Waals surface area (Å²) >= 11 is 9.14. The van der Waals surface area contributed by atoms with Crippen molar-refractivity contribution in [3.05, 3.63) is 20.8 Å². The molecule has 0 aliphatic heterocycles. The van der Waals surface area contributed by atoms with Gasteiger partial charge in [-0.2, -0.15) is 8.78 Å². The summed E-state index contributed by atoms with van der Waals surface area (Å²) in [7, 11) is 0. The summed E-state index contributed by atoms with van der Waals surface area (Å²) < 4.78 is 25.5. The molecule has 1 rings (SSSR count). The van der Waals surface area contributed by atoms with E-state index in [1.54, 1.807) is 12.1 Å². The number of alkyl halides is 3. The first kappa shape index (κ1) is 11.4. The number of thiophene rings is 1. The lowest BCUT2D eigenvalue weighted by atomic mass is 10.2. The molecule has 1 heterocycles. The maximum Gasteiger partial charge on any atom is 0.347 e. The standard InChI is InChI=1S/C7H6BrClF2OS/c8-6-2-1-4(13-6)3-5(12)7(9,10)11/h1-2,5,12H,3H2. The summed E-state index contributed by atoms with van der Waals surface area (Å²) in [4.78, 5) is 0.666. The minimum absolute atomic E-state index is 0.132. The van der Waals surface area contributed by atoms with Crippen molar-refractivity contribution in [2.75, 3.05) is 0 Å². The van der Waals surface area contributed by atoms with Crippen LogP contribution >= 0.6 is 38.9 Å². The van der Waals surface area contributed by atoms with Crippen LogP contribution < -0.4 is 0 Å². The van der Waals surface area contributed by atoms with Crippen molar-refractivity contribution >= 4 is 38.9 Å². The predicted molar refractivity (Wildman–Crippen MR) is 52.5 cm³/mol. The zero-order chi connectivity index (χ0) is 10.1. The molecule has 0 radical (unpaired) electrons. The van der Waals surface area contributed by atoms with Crippen LogP contribution in [0.1, 0.15) is 4.88 Å². The van der Waals surface area contributed by atoms with Crippen molar-refractivity contribution in [2.45, 2.75) is 17.9 Å². The molecule has 1 unspecified atom stereocenters. The molecule has 1 N–H and O–H groups in total. The van der Waals surface area contributed by atoms with Crippen molar-refractivity contribution in [1.29, 1.82) is 0 Å². The van der Waals surface area contributed by atoms with Crippen LogP contribution in [-0.4, -0.2) is 16.6 Å². The Morgan fingerprint density at radius 2 is 2.23 bits per heavy atom. The molecule has 0 saturated carbocycles.